The summed E-state index contributed by atoms with van der Waals surface area (Å²) in [6.07, 6.45) is 0. The van der Waals surface area contributed by atoms with Crippen LogP contribution in [0.25, 0.3) is 15.9 Å². The molecule has 0 fully saturated rings. The molecule has 4 aromatic rings. The van der Waals surface area contributed by atoms with Gasteiger partial charge in [-0.05, 0) is 60.3 Å². The third kappa shape index (κ3) is 3.99. The van der Waals surface area contributed by atoms with Gasteiger partial charge in [-0.3, -0.25) is 14.2 Å². The van der Waals surface area contributed by atoms with Crippen LogP contribution in [0.4, 0.5) is 5.69 Å². The predicted molar refractivity (Wildman–Crippen MR) is 123 cm³/mol. The molecule has 2 heterocycles. The van der Waals surface area contributed by atoms with Crippen molar-refractivity contribution in [1.29, 1.82) is 0 Å². The van der Waals surface area contributed by atoms with Crippen molar-refractivity contribution in [2.24, 2.45) is 0 Å². The van der Waals surface area contributed by atoms with Crippen LogP contribution in [0.3, 0.4) is 0 Å². The Bertz CT molecular complexity index is 1400. The van der Waals surface area contributed by atoms with Crippen molar-refractivity contribution < 1.29 is 9.53 Å². The minimum absolute atomic E-state index is 0.267. The highest BCUT2D eigenvalue weighted by Gasteiger charge is 2.18. The normalized spacial score (nSPS) is 10.9. The maximum atomic E-state index is 13.2. The van der Waals surface area contributed by atoms with Crippen LogP contribution >= 0.6 is 22.9 Å². The Morgan fingerprint density at radius 3 is 2.58 bits per heavy atom. The fraction of sp³-hybridized carbons (Fsp3) is 0.136. The number of aryl methyl sites for hydroxylation is 1. The average molecular weight is 456 g/mol. The van der Waals surface area contributed by atoms with Gasteiger partial charge in [0.2, 0.25) is 5.91 Å². The molecule has 0 saturated carbocycles. The Morgan fingerprint density at radius 2 is 1.87 bits per heavy atom. The number of carbonyl (C=O) groups is 1. The van der Waals surface area contributed by atoms with Crippen molar-refractivity contribution in [1.82, 2.24) is 9.13 Å². The quantitative estimate of drug-likeness (QED) is 0.496. The number of rotatable bonds is 5. The van der Waals surface area contributed by atoms with Gasteiger partial charge < -0.3 is 10.1 Å². The van der Waals surface area contributed by atoms with Crippen molar-refractivity contribution in [3.05, 3.63) is 85.3 Å². The molecular formula is C22H18ClN3O4S. The molecule has 1 amide bonds. The molecule has 1 N–H and O–H groups in total. The number of hydrogen-bond acceptors (Lipinski definition) is 5. The molecule has 0 bridgehead atoms. The third-order valence-electron chi connectivity index (χ3n) is 4.77. The zero-order valence-corrected chi connectivity index (χ0v) is 18.3. The van der Waals surface area contributed by atoms with Gasteiger partial charge in [0, 0.05) is 5.02 Å². The van der Waals surface area contributed by atoms with E-state index >= 15 is 0 Å². The SMILES string of the molecule is COc1ccc(C)cc1NC(=O)Cn1c(=O)n(-c2ccc(Cl)cc2)c(=O)c2sccc21. The zero-order valence-electron chi connectivity index (χ0n) is 16.7. The molecule has 0 unspecified atom stereocenters. The summed E-state index contributed by atoms with van der Waals surface area (Å²) in [4.78, 5) is 39.0. The first-order chi connectivity index (χ1) is 14.9. The van der Waals surface area contributed by atoms with E-state index in [1.807, 2.05) is 13.0 Å². The average Bonchev–Trinajstić information content (AvgIpc) is 3.23. The molecule has 2 aromatic carbocycles. The van der Waals surface area contributed by atoms with Crippen LogP contribution in [-0.2, 0) is 11.3 Å². The summed E-state index contributed by atoms with van der Waals surface area (Å²) >= 11 is 7.15. The lowest BCUT2D eigenvalue weighted by molar-refractivity contribution is -0.116. The largest absolute Gasteiger partial charge is 0.495 e. The fourth-order valence-electron chi connectivity index (χ4n) is 3.31. The van der Waals surface area contributed by atoms with E-state index in [0.29, 0.717) is 32.4 Å². The molecular weight excluding hydrogens is 438 g/mol. The number of halogens is 1. The number of hydrogen-bond donors (Lipinski definition) is 1. The van der Waals surface area contributed by atoms with Gasteiger partial charge in [-0.25, -0.2) is 9.36 Å². The van der Waals surface area contributed by atoms with Crippen LogP contribution in [-0.4, -0.2) is 22.2 Å². The first-order valence-electron chi connectivity index (χ1n) is 9.32. The third-order valence-corrected chi connectivity index (χ3v) is 5.91. The summed E-state index contributed by atoms with van der Waals surface area (Å²) in [6, 6.07) is 13.5. The van der Waals surface area contributed by atoms with Crippen LogP contribution in [0, 0.1) is 6.92 Å². The summed E-state index contributed by atoms with van der Waals surface area (Å²) in [7, 11) is 1.52. The number of methoxy groups -OCH3 is 1. The molecule has 2 aromatic heterocycles. The molecule has 0 radical (unpaired) electrons. The van der Waals surface area contributed by atoms with E-state index in [4.69, 9.17) is 16.3 Å². The second kappa shape index (κ2) is 8.41. The Morgan fingerprint density at radius 1 is 1.13 bits per heavy atom. The van der Waals surface area contributed by atoms with Gasteiger partial charge in [-0.15, -0.1) is 11.3 Å². The molecule has 0 aliphatic rings. The summed E-state index contributed by atoms with van der Waals surface area (Å²) in [5.74, 6) is 0.0953. The maximum absolute atomic E-state index is 13.2. The van der Waals surface area contributed by atoms with Crippen LogP contribution in [0.15, 0.2) is 63.5 Å². The summed E-state index contributed by atoms with van der Waals surface area (Å²) in [5.41, 5.74) is 1.21. The van der Waals surface area contributed by atoms with E-state index in [9.17, 15) is 14.4 Å². The number of nitrogens with zero attached hydrogens (tertiary/aromatic N) is 2. The number of thiophene rings is 1. The van der Waals surface area contributed by atoms with Gasteiger partial charge in [0.1, 0.15) is 17.0 Å². The van der Waals surface area contributed by atoms with Gasteiger partial charge in [-0.2, -0.15) is 0 Å². The maximum Gasteiger partial charge on any atom is 0.336 e. The van der Waals surface area contributed by atoms with Crippen molar-refractivity contribution >= 4 is 44.7 Å². The fourth-order valence-corrected chi connectivity index (χ4v) is 4.26. The minimum atomic E-state index is -0.607. The van der Waals surface area contributed by atoms with Crippen molar-refractivity contribution in [3.8, 4) is 11.4 Å². The highest BCUT2D eigenvalue weighted by Crippen LogP contribution is 2.25. The molecule has 0 spiro atoms. The number of fused-ring (bicyclic) bond motifs is 1. The number of benzene rings is 2. The van der Waals surface area contributed by atoms with E-state index in [1.165, 1.54) is 23.0 Å². The van der Waals surface area contributed by atoms with E-state index in [1.54, 1.807) is 47.8 Å². The highest BCUT2D eigenvalue weighted by atomic mass is 35.5. The smallest absolute Gasteiger partial charge is 0.336 e. The second-order valence-corrected chi connectivity index (χ2v) is 8.23. The molecule has 31 heavy (non-hydrogen) atoms. The summed E-state index contributed by atoms with van der Waals surface area (Å²) < 4.78 is 8.02. The number of amides is 1. The first kappa shape index (κ1) is 20.9. The van der Waals surface area contributed by atoms with Crippen molar-refractivity contribution in [2.75, 3.05) is 12.4 Å². The predicted octanol–water partition coefficient (Wildman–Crippen LogP) is 3.82. The molecule has 0 aliphatic heterocycles. The van der Waals surface area contributed by atoms with Crippen molar-refractivity contribution in [3.63, 3.8) is 0 Å². The van der Waals surface area contributed by atoms with Gasteiger partial charge >= 0.3 is 5.69 Å². The first-order valence-corrected chi connectivity index (χ1v) is 10.6. The number of aromatic nitrogens is 2. The molecule has 158 valence electrons. The van der Waals surface area contributed by atoms with Crippen LogP contribution in [0.1, 0.15) is 5.56 Å². The molecule has 9 heteroatoms. The number of carbonyl (C=O) groups excluding carboxylic acids is 1. The van der Waals surface area contributed by atoms with Crippen LogP contribution in [0.2, 0.25) is 5.02 Å². The monoisotopic (exact) mass is 455 g/mol. The standard InChI is InChI=1S/C22H18ClN3O4S/c1-13-3-8-18(30-2)16(11-13)24-19(27)12-25-17-9-10-31-20(17)21(28)26(22(25)29)15-6-4-14(23)5-7-15/h3-11H,12H2,1-2H3,(H,24,27). The lowest BCUT2D eigenvalue weighted by Crippen LogP contribution is -2.40. The van der Waals surface area contributed by atoms with Gasteiger partial charge in [-0.1, -0.05) is 17.7 Å². The minimum Gasteiger partial charge on any atom is -0.495 e. The second-order valence-electron chi connectivity index (χ2n) is 6.87. The Labute approximate surface area is 186 Å². The van der Waals surface area contributed by atoms with Crippen LogP contribution in [0.5, 0.6) is 5.75 Å². The summed E-state index contributed by atoms with van der Waals surface area (Å²) in [6.45, 7) is 1.63. The lowest BCUT2D eigenvalue weighted by Gasteiger charge is -2.14. The van der Waals surface area contributed by atoms with Gasteiger partial charge in [0.15, 0.2) is 0 Å². The number of nitrogens with one attached hydrogen (secondary N) is 1. The molecule has 4 rings (SSSR count). The molecule has 0 atom stereocenters. The Kier molecular flexibility index (Phi) is 5.67. The van der Waals surface area contributed by atoms with Crippen molar-refractivity contribution in [2.45, 2.75) is 13.5 Å². The highest BCUT2D eigenvalue weighted by molar-refractivity contribution is 7.17. The Balaban J connectivity index is 1.78. The Hall–Kier alpha value is -3.36. The van der Waals surface area contributed by atoms with Gasteiger partial charge in [0.05, 0.1) is 24.0 Å². The molecule has 7 nitrogen and oxygen atoms in total. The lowest BCUT2D eigenvalue weighted by atomic mass is 10.2. The van der Waals surface area contributed by atoms with E-state index in [2.05, 4.69) is 5.32 Å². The van der Waals surface area contributed by atoms with Gasteiger partial charge in [0.25, 0.3) is 5.56 Å². The summed E-state index contributed by atoms with van der Waals surface area (Å²) in [5, 5.41) is 5.00. The number of anilines is 1. The van der Waals surface area contributed by atoms with E-state index in [-0.39, 0.29) is 6.54 Å². The zero-order chi connectivity index (χ0) is 22.1. The van der Waals surface area contributed by atoms with Crippen LogP contribution < -0.4 is 21.3 Å². The molecule has 0 aliphatic carbocycles. The van der Waals surface area contributed by atoms with E-state index < -0.39 is 17.2 Å². The molecule has 0 saturated heterocycles. The topological polar surface area (TPSA) is 82.3 Å². The number of ether oxygens (including phenoxy) is 1. The van der Waals surface area contributed by atoms with E-state index in [0.717, 1.165) is 10.1 Å².